The summed E-state index contributed by atoms with van der Waals surface area (Å²) < 4.78 is 35.8. The Kier molecular flexibility index (Phi) is 9.65. The highest BCUT2D eigenvalue weighted by Gasteiger charge is 2.31. The molecule has 1 aliphatic carbocycles. The zero-order chi connectivity index (χ0) is 33.3. The molecule has 0 radical (unpaired) electrons. The SMILES string of the molecule is C=C(C)N(C)CCN(C)C(=O)C1=Cc2cc(OC)ccc2-c2c(C3CCCCC3)c3ccc(C(=O)NS(=O)(=O)N(C)C)cc3n2C1. The first kappa shape index (κ1) is 33.3. The molecule has 2 aromatic carbocycles. The van der Waals surface area contributed by atoms with Gasteiger partial charge in [-0.25, -0.2) is 4.72 Å². The summed E-state index contributed by atoms with van der Waals surface area (Å²) in [5.74, 6) is 0.207. The van der Waals surface area contributed by atoms with E-state index in [1.54, 1.807) is 24.1 Å². The summed E-state index contributed by atoms with van der Waals surface area (Å²) in [5.41, 5.74) is 6.67. The van der Waals surface area contributed by atoms with E-state index in [1.165, 1.54) is 26.1 Å². The van der Waals surface area contributed by atoms with Crippen LogP contribution in [0.3, 0.4) is 0 Å². The lowest BCUT2D eigenvalue weighted by molar-refractivity contribution is -0.126. The molecule has 3 aromatic rings. The molecule has 1 N–H and O–H groups in total. The molecule has 0 saturated heterocycles. The molecule has 2 amide bonds. The Morgan fingerprint density at radius 1 is 1.00 bits per heavy atom. The summed E-state index contributed by atoms with van der Waals surface area (Å²) in [6.45, 7) is 7.38. The number of rotatable bonds is 10. The predicted octanol–water partition coefficient (Wildman–Crippen LogP) is 5.22. The maximum atomic E-state index is 14.1. The van der Waals surface area contributed by atoms with E-state index in [1.807, 2.05) is 50.2 Å². The monoisotopic (exact) mass is 647 g/mol. The van der Waals surface area contributed by atoms with Crippen LogP contribution in [0.25, 0.3) is 28.2 Å². The van der Waals surface area contributed by atoms with Crippen LogP contribution in [0, 0.1) is 0 Å². The molecule has 2 heterocycles. The van der Waals surface area contributed by atoms with Crippen molar-refractivity contribution in [3.05, 3.63) is 70.9 Å². The normalized spacial score (nSPS) is 15.1. The lowest BCUT2D eigenvalue weighted by Gasteiger charge is -2.25. The number of likely N-dealkylation sites (N-methyl/N-ethyl adjacent to an activating group) is 2. The fourth-order valence-electron chi connectivity index (χ4n) is 6.42. The molecular formula is C35H45N5O5S. The van der Waals surface area contributed by atoms with Crippen LogP contribution in [0.4, 0.5) is 0 Å². The third kappa shape index (κ3) is 6.57. The average Bonchev–Trinajstić information content (AvgIpc) is 3.25. The molecule has 5 rings (SSSR count). The molecular weight excluding hydrogens is 602 g/mol. The van der Waals surface area contributed by atoms with E-state index in [0.717, 1.165) is 63.4 Å². The predicted molar refractivity (Wildman–Crippen MR) is 183 cm³/mol. The van der Waals surface area contributed by atoms with Crippen LogP contribution in [-0.4, -0.2) is 87.3 Å². The average molecular weight is 648 g/mol. The van der Waals surface area contributed by atoms with Crippen molar-refractivity contribution in [3.8, 4) is 17.0 Å². The van der Waals surface area contributed by atoms with Gasteiger partial charge < -0.3 is 19.1 Å². The second kappa shape index (κ2) is 13.3. The highest BCUT2D eigenvalue weighted by molar-refractivity contribution is 7.87. The Morgan fingerprint density at radius 2 is 1.70 bits per heavy atom. The van der Waals surface area contributed by atoms with Crippen molar-refractivity contribution < 1.29 is 22.7 Å². The number of carbonyl (C=O) groups excluding carboxylic acids is 2. The van der Waals surface area contributed by atoms with Crippen LogP contribution in [-0.2, 0) is 21.5 Å². The molecule has 246 valence electrons. The van der Waals surface area contributed by atoms with Crippen molar-refractivity contribution in [3.63, 3.8) is 0 Å². The topological polar surface area (TPSA) is 104 Å². The van der Waals surface area contributed by atoms with E-state index in [2.05, 4.69) is 21.9 Å². The number of allylic oxidation sites excluding steroid dienone is 1. The van der Waals surface area contributed by atoms with Gasteiger partial charge in [-0.15, -0.1) is 0 Å². The molecule has 46 heavy (non-hydrogen) atoms. The fourth-order valence-corrected chi connectivity index (χ4v) is 6.95. The van der Waals surface area contributed by atoms with Gasteiger partial charge in [0.05, 0.1) is 19.3 Å². The summed E-state index contributed by atoms with van der Waals surface area (Å²) in [6.07, 6.45) is 7.55. The number of methoxy groups -OCH3 is 1. The number of aromatic nitrogens is 1. The Hall–Kier alpha value is -4.09. The maximum Gasteiger partial charge on any atom is 0.303 e. The van der Waals surface area contributed by atoms with Crippen molar-refractivity contribution >= 4 is 39.0 Å². The molecule has 1 aliphatic heterocycles. The molecule has 0 bridgehead atoms. The third-order valence-electron chi connectivity index (χ3n) is 9.30. The van der Waals surface area contributed by atoms with Crippen molar-refractivity contribution in [2.24, 2.45) is 0 Å². The lowest BCUT2D eigenvalue weighted by atomic mass is 9.81. The van der Waals surface area contributed by atoms with Gasteiger partial charge in [-0.2, -0.15) is 12.7 Å². The minimum atomic E-state index is -3.98. The first-order valence-corrected chi connectivity index (χ1v) is 17.2. The highest BCUT2D eigenvalue weighted by Crippen LogP contribution is 2.47. The molecule has 2 aliphatic rings. The van der Waals surface area contributed by atoms with E-state index in [0.29, 0.717) is 30.3 Å². The van der Waals surface area contributed by atoms with Crippen LogP contribution < -0.4 is 9.46 Å². The number of nitrogens with one attached hydrogen (secondary N) is 1. The van der Waals surface area contributed by atoms with Gasteiger partial charge in [0, 0.05) is 74.6 Å². The maximum absolute atomic E-state index is 14.1. The summed E-state index contributed by atoms with van der Waals surface area (Å²) in [4.78, 5) is 31.1. The molecule has 1 fully saturated rings. The number of amides is 2. The molecule has 0 atom stereocenters. The number of fused-ring (bicyclic) bond motifs is 5. The Balaban J connectivity index is 1.69. The Labute approximate surface area is 272 Å². The van der Waals surface area contributed by atoms with Crippen LogP contribution in [0.1, 0.15) is 66.4 Å². The number of carbonyl (C=O) groups is 2. The van der Waals surface area contributed by atoms with Gasteiger partial charge in [-0.05, 0) is 73.2 Å². The van der Waals surface area contributed by atoms with Crippen LogP contribution in [0.5, 0.6) is 5.75 Å². The molecule has 11 heteroatoms. The first-order valence-electron chi connectivity index (χ1n) is 15.7. The quantitative estimate of drug-likeness (QED) is 0.324. The largest absolute Gasteiger partial charge is 0.497 e. The zero-order valence-corrected chi connectivity index (χ0v) is 28.5. The number of ether oxygens (including phenoxy) is 1. The summed E-state index contributed by atoms with van der Waals surface area (Å²) in [5, 5.41) is 1.01. The Morgan fingerprint density at radius 3 is 2.35 bits per heavy atom. The molecule has 1 saturated carbocycles. The molecule has 0 spiro atoms. The van der Waals surface area contributed by atoms with Gasteiger partial charge in [0.25, 0.3) is 11.8 Å². The van der Waals surface area contributed by atoms with Gasteiger partial charge >= 0.3 is 10.2 Å². The van der Waals surface area contributed by atoms with Crippen molar-refractivity contribution in [1.82, 2.24) is 23.4 Å². The molecule has 0 unspecified atom stereocenters. The van der Waals surface area contributed by atoms with Gasteiger partial charge in [-0.3, -0.25) is 9.59 Å². The van der Waals surface area contributed by atoms with E-state index in [9.17, 15) is 18.0 Å². The molecule has 10 nitrogen and oxygen atoms in total. The standard InChI is InChI=1S/C35H45N5O5S/c1-23(2)38(5)17-18-39(6)35(42)27-19-26-20-28(45-7)14-16-29(26)33-32(24-11-9-8-10-12-24)30-15-13-25(21-31(30)40(33)22-27)34(41)36-46(43,44)37(3)4/h13-16,19-21,24H,1,8-12,17-18,22H2,2-7H3,(H,36,41). The van der Waals surface area contributed by atoms with Gasteiger partial charge in [0.15, 0.2) is 0 Å². The fraction of sp³-hybridized carbons (Fsp3) is 0.429. The van der Waals surface area contributed by atoms with Crippen LogP contribution in [0.2, 0.25) is 0 Å². The first-order chi connectivity index (χ1) is 21.8. The third-order valence-corrected chi connectivity index (χ3v) is 10.7. The van der Waals surface area contributed by atoms with Gasteiger partial charge in [-0.1, -0.05) is 31.9 Å². The van der Waals surface area contributed by atoms with Crippen LogP contribution >= 0.6 is 0 Å². The lowest BCUT2D eigenvalue weighted by Crippen LogP contribution is -2.39. The van der Waals surface area contributed by atoms with E-state index < -0.39 is 16.1 Å². The van der Waals surface area contributed by atoms with Crippen molar-refractivity contribution in [1.29, 1.82) is 0 Å². The van der Waals surface area contributed by atoms with E-state index in [-0.39, 0.29) is 18.0 Å². The summed E-state index contributed by atoms with van der Waals surface area (Å²) in [7, 11) is 4.15. The van der Waals surface area contributed by atoms with Gasteiger partial charge in [0.2, 0.25) is 0 Å². The van der Waals surface area contributed by atoms with Crippen molar-refractivity contribution in [2.75, 3.05) is 48.4 Å². The van der Waals surface area contributed by atoms with Crippen molar-refractivity contribution in [2.45, 2.75) is 51.5 Å². The summed E-state index contributed by atoms with van der Waals surface area (Å²) in [6, 6.07) is 11.4. The number of hydrogen-bond donors (Lipinski definition) is 1. The number of nitrogens with zero attached hydrogens (tertiary/aromatic N) is 4. The van der Waals surface area contributed by atoms with Crippen LogP contribution in [0.15, 0.2) is 54.2 Å². The van der Waals surface area contributed by atoms with E-state index in [4.69, 9.17) is 4.74 Å². The van der Waals surface area contributed by atoms with E-state index >= 15 is 0 Å². The minimum absolute atomic E-state index is 0.0937. The second-order valence-electron chi connectivity index (χ2n) is 12.6. The summed E-state index contributed by atoms with van der Waals surface area (Å²) >= 11 is 0. The number of hydrogen-bond acceptors (Lipinski definition) is 6. The minimum Gasteiger partial charge on any atom is -0.497 e. The van der Waals surface area contributed by atoms with Gasteiger partial charge in [0.1, 0.15) is 5.75 Å². The smallest absolute Gasteiger partial charge is 0.303 e. The Bertz CT molecular complexity index is 1820. The second-order valence-corrected chi connectivity index (χ2v) is 14.5. The zero-order valence-electron chi connectivity index (χ0n) is 27.7. The molecule has 1 aromatic heterocycles. The number of benzene rings is 2. The highest BCUT2D eigenvalue weighted by atomic mass is 32.2.